The van der Waals surface area contributed by atoms with E-state index in [2.05, 4.69) is 25.3 Å². The summed E-state index contributed by atoms with van der Waals surface area (Å²) in [6.07, 6.45) is 1.47. The van der Waals surface area contributed by atoms with Crippen LogP contribution in [0, 0.1) is 6.92 Å². The Morgan fingerprint density at radius 1 is 1.43 bits per heavy atom. The molecule has 0 saturated carbocycles. The second kappa shape index (κ2) is 4.45. The standard InChI is InChI=1S/C12H14ClN7O/c1-7-9(13)17-11-15-6-16-20(11)10(7)18-2-3-19-8(5-18)4-14-12(19)21/h6,8H,2-5H2,1H3,(H,14,21). The van der Waals surface area contributed by atoms with Gasteiger partial charge in [0.15, 0.2) is 0 Å². The van der Waals surface area contributed by atoms with E-state index in [0.29, 0.717) is 24.0 Å². The molecule has 0 spiro atoms. The minimum Gasteiger partial charge on any atom is -0.352 e. The topological polar surface area (TPSA) is 78.7 Å². The first-order valence-electron chi connectivity index (χ1n) is 6.80. The fourth-order valence-corrected chi connectivity index (χ4v) is 3.21. The molecule has 2 aliphatic rings. The molecule has 2 fully saturated rings. The summed E-state index contributed by atoms with van der Waals surface area (Å²) in [6.45, 7) is 4.77. The van der Waals surface area contributed by atoms with Crippen LogP contribution < -0.4 is 10.2 Å². The van der Waals surface area contributed by atoms with Crippen LogP contribution in [0.5, 0.6) is 0 Å². The highest BCUT2D eigenvalue weighted by Gasteiger charge is 2.36. The average Bonchev–Trinajstić information content (AvgIpc) is 3.07. The molecule has 0 aromatic carbocycles. The molecule has 9 heteroatoms. The first kappa shape index (κ1) is 12.6. The highest BCUT2D eigenvalue weighted by Crippen LogP contribution is 2.28. The second-order valence-electron chi connectivity index (χ2n) is 5.30. The van der Waals surface area contributed by atoms with E-state index < -0.39 is 0 Å². The molecular weight excluding hydrogens is 294 g/mol. The number of aromatic nitrogens is 4. The Hall–Kier alpha value is -2.09. The predicted molar refractivity (Wildman–Crippen MR) is 76.6 cm³/mol. The number of amides is 2. The number of rotatable bonds is 1. The highest BCUT2D eigenvalue weighted by molar-refractivity contribution is 6.30. The molecule has 21 heavy (non-hydrogen) atoms. The van der Waals surface area contributed by atoms with E-state index >= 15 is 0 Å². The number of urea groups is 1. The van der Waals surface area contributed by atoms with Gasteiger partial charge in [0.1, 0.15) is 17.3 Å². The third kappa shape index (κ3) is 1.82. The van der Waals surface area contributed by atoms with Crippen LogP contribution in [-0.2, 0) is 0 Å². The van der Waals surface area contributed by atoms with Crippen LogP contribution >= 0.6 is 11.6 Å². The molecule has 2 saturated heterocycles. The van der Waals surface area contributed by atoms with E-state index in [-0.39, 0.29) is 12.1 Å². The normalized spacial score (nSPS) is 21.8. The van der Waals surface area contributed by atoms with E-state index in [4.69, 9.17) is 11.6 Å². The van der Waals surface area contributed by atoms with Gasteiger partial charge in [-0.2, -0.15) is 19.6 Å². The number of hydrogen-bond acceptors (Lipinski definition) is 5. The molecule has 2 aromatic heterocycles. The largest absolute Gasteiger partial charge is 0.352 e. The van der Waals surface area contributed by atoms with Crippen molar-refractivity contribution in [2.45, 2.75) is 13.0 Å². The number of carbonyl (C=O) groups excluding carboxylic acids is 1. The van der Waals surface area contributed by atoms with Gasteiger partial charge >= 0.3 is 6.03 Å². The molecule has 2 aliphatic heterocycles. The van der Waals surface area contributed by atoms with Crippen molar-refractivity contribution in [2.75, 3.05) is 31.1 Å². The second-order valence-corrected chi connectivity index (χ2v) is 5.66. The number of piperazine rings is 1. The number of carbonyl (C=O) groups is 1. The van der Waals surface area contributed by atoms with Crippen LogP contribution in [0.2, 0.25) is 5.15 Å². The third-order valence-electron chi connectivity index (χ3n) is 4.11. The van der Waals surface area contributed by atoms with E-state index in [1.165, 1.54) is 6.33 Å². The number of nitrogens with zero attached hydrogens (tertiary/aromatic N) is 6. The smallest absolute Gasteiger partial charge is 0.317 e. The summed E-state index contributed by atoms with van der Waals surface area (Å²) < 4.78 is 1.71. The lowest BCUT2D eigenvalue weighted by Gasteiger charge is -2.38. The van der Waals surface area contributed by atoms with Gasteiger partial charge in [0.05, 0.1) is 6.04 Å². The molecule has 0 bridgehead atoms. The summed E-state index contributed by atoms with van der Waals surface area (Å²) in [6, 6.07) is 0.200. The van der Waals surface area contributed by atoms with Gasteiger partial charge in [-0.15, -0.1) is 0 Å². The summed E-state index contributed by atoms with van der Waals surface area (Å²) in [5, 5.41) is 7.56. The molecule has 1 atom stereocenters. The molecule has 110 valence electrons. The molecule has 4 rings (SSSR count). The number of hydrogen-bond donors (Lipinski definition) is 1. The van der Waals surface area contributed by atoms with E-state index in [9.17, 15) is 4.79 Å². The average molecular weight is 308 g/mol. The van der Waals surface area contributed by atoms with Gasteiger partial charge in [0.25, 0.3) is 5.78 Å². The van der Waals surface area contributed by atoms with Gasteiger partial charge in [-0.05, 0) is 6.92 Å². The number of anilines is 1. The van der Waals surface area contributed by atoms with Crippen molar-refractivity contribution in [3.8, 4) is 0 Å². The molecule has 4 heterocycles. The Bertz CT molecular complexity index is 730. The fourth-order valence-electron chi connectivity index (χ4n) is 3.05. The predicted octanol–water partition coefficient (Wildman–Crippen LogP) is 0.300. The van der Waals surface area contributed by atoms with Gasteiger partial charge in [-0.25, -0.2) is 4.79 Å². The van der Waals surface area contributed by atoms with Crippen molar-refractivity contribution in [3.63, 3.8) is 0 Å². The van der Waals surface area contributed by atoms with Crippen molar-refractivity contribution in [2.24, 2.45) is 0 Å². The van der Waals surface area contributed by atoms with E-state index in [1.807, 2.05) is 11.8 Å². The van der Waals surface area contributed by atoms with E-state index in [1.54, 1.807) is 4.52 Å². The van der Waals surface area contributed by atoms with Crippen LogP contribution in [-0.4, -0.2) is 62.7 Å². The van der Waals surface area contributed by atoms with Gasteiger partial charge < -0.3 is 15.1 Å². The zero-order valence-electron chi connectivity index (χ0n) is 11.5. The zero-order valence-corrected chi connectivity index (χ0v) is 12.2. The minimum absolute atomic E-state index is 0.0232. The maximum absolute atomic E-state index is 11.7. The monoisotopic (exact) mass is 307 g/mol. The first-order chi connectivity index (χ1) is 10.1. The molecule has 2 aromatic rings. The quantitative estimate of drug-likeness (QED) is 0.767. The molecule has 1 N–H and O–H groups in total. The minimum atomic E-state index is 0.0232. The van der Waals surface area contributed by atoms with Gasteiger partial charge in [-0.3, -0.25) is 0 Å². The lowest BCUT2D eigenvalue weighted by Crippen LogP contribution is -2.52. The molecule has 8 nitrogen and oxygen atoms in total. The fraction of sp³-hybridized carbons (Fsp3) is 0.500. The summed E-state index contributed by atoms with van der Waals surface area (Å²) in [5.41, 5.74) is 0.875. The van der Waals surface area contributed by atoms with Crippen molar-refractivity contribution >= 4 is 29.2 Å². The maximum Gasteiger partial charge on any atom is 0.317 e. The summed E-state index contributed by atoms with van der Waals surface area (Å²) >= 11 is 6.21. The SMILES string of the molecule is Cc1c(Cl)nc2ncnn2c1N1CCN2C(=O)NCC2C1. The third-order valence-corrected chi connectivity index (χ3v) is 4.47. The number of nitrogens with one attached hydrogen (secondary N) is 1. The molecule has 2 amide bonds. The molecular formula is C12H14ClN7O. The molecule has 1 unspecified atom stereocenters. The van der Waals surface area contributed by atoms with Crippen molar-refractivity contribution in [1.29, 1.82) is 0 Å². The van der Waals surface area contributed by atoms with Gasteiger partial charge in [0.2, 0.25) is 0 Å². The van der Waals surface area contributed by atoms with Crippen LogP contribution in [0.3, 0.4) is 0 Å². The van der Waals surface area contributed by atoms with Gasteiger partial charge in [-0.1, -0.05) is 11.6 Å². The van der Waals surface area contributed by atoms with Gasteiger partial charge in [0, 0.05) is 31.7 Å². The van der Waals surface area contributed by atoms with E-state index in [0.717, 1.165) is 24.5 Å². The van der Waals surface area contributed by atoms with Crippen LogP contribution in [0.4, 0.5) is 10.6 Å². The maximum atomic E-state index is 11.7. The highest BCUT2D eigenvalue weighted by atomic mass is 35.5. The first-order valence-corrected chi connectivity index (χ1v) is 7.18. The number of halogens is 1. The number of fused-ring (bicyclic) bond motifs is 2. The molecule has 0 radical (unpaired) electrons. The Labute approximate surface area is 125 Å². The summed E-state index contributed by atoms with van der Waals surface area (Å²) in [5.74, 6) is 1.39. The van der Waals surface area contributed by atoms with Crippen molar-refractivity contribution < 1.29 is 4.79 Å². The summed E-state index contributed by atoms with van der Waals surface area (Å²) in [7, 11) is 0. The Kier molecular flexibility index (Phi) is 2.68. The van der Waals surface area contributed by atoms with Crippen molar-refractivity contribution in [3.05, 3.63) is 17.0 Å². The Balaban J connectivity index is 1.75. The zero-order chi connectivity index (χ0) is 14.6. The lowest BCUT2D eigenvalue weighted by molar-refractivity contribution is 0.197. The summed E-state index contributed by atoms with van der Waals surface area (Å²) in [4.78, 5) is 24.1. The van der Waals surface area contributed by atoms with Crippen LogP contribution in [0.1, 0.15) is 5.56 Å². The lowest BCUT2D eigenvalue weighted by atomic mass is 10.2. The molecule has 0 aliphatic carbocycles. The Morgan fingerprint density at radius 3 is 3.14 bits per heavy atom. The Morgan fingerprint density at radius 2 is 2.29 bits per heavy atom. The van der Waals surface area contributed by atoms with Crippen LogP contribution in [0.25, 0.3) is 5.78 Å². The van der Waals surface area contributed by atoms with Crippen molar-refractivity contribution in [1.82, 2.24) is 29.8 Å². The van der Waals surface area contributed by atoms with Crippen LogP contribution in [0.15, 0.2) is 6.33 Å².